The van der Waals surface area contributed by atoms with Crippen molar-refractivity contribution in [2.75, 3.05) is 5.75 Å². The van der Waals surface area contributed by atoms with Crippen molar-refractivity contribution in [3.05, 3.63) is 17.8 Å². The molecular formula is C9H14N2O2S. The molecule has 0 spiro atoms. The molecular weight excluding hydrogens is 200 g/mol. The monoisotopic (exact) mass is 214 g/mol. The fourth-order valence-electron chi connectivity index (χ4n) is 0.952. The molecule has 1 aromatic rings. The average molecular weight is 214 g/mol. The van der Waals surface area contributed by atoms with E-state index in [-0.39, 0.29) is 16.7 Å². The topological polar surface area (TPSA) is 59.9 Å². The molecule has 0 aliphatic carbocycles. The number of hydrogen-bond acceptors (Lipinski definition) is 4. The lowest BCUT2D eigenvalue weighted by atomic mass is 10.1. The van der Waals surface area contributed by atoms with E-state index in [0.29, 0.717) is 0 Å². The first-order chi connectivity index (χ1) is 6.47. The molecule has 0 atom stereocenters. The average Bonchev–Trinajstić information content (AvgIpc) is 2.18. The summed E-state index contributed by atoms with van der Waals surface area (Å²) in [5.41, 5.74) is 0.806. The quantitative estimate of drug-likeness (QED) is 0.763. The molecule has 0 aliphatic rings. The SMILES string of the molecule is CCS(=O)(=O)c1ccc(C(C)C)nn1. The van der Waals surface area contributed by atoms with Gasteiger partial charge in [0.05, 0.1) is 11.4 Å². The van der Waals surface area contributed by atoms with Gasteiger partial charge in [0, 0.05) is 0 Å². The maximum absolute atomic E-state index is 11.4. The van der Waals surface area contributed by atoms with Crippen LogP contribution in [0.3, 0.4) is 0 Å². The van der Waals surface area contributed by atoms with Crippen LogP contribution >= 0.6 is 0 Å². The van der Waals surface area contributed by atoms with Gasteiger partial charge < -0.3 is 0 Å². The molecule has 14 heavy (non-hydrogen) atoms. The maximum atomic E-state index is 11.4. The van der Waals surface area contributed by atoms with Crippen molar-refractivity contribution >= 4 is 9.84 Å². The van der Waals surface area contributed by atoms with Crippen molar-refractivity contribution in [2.24, 2.45) is 0 Å². The number of aromatic nitrogens is 2. The second kappa shape index (κ2) is 4.04. The first kappa shape index (κ1) is 11.1. The number of nitrogens with zero attached hydrogens (tertiary/aromatic N) is 2. The Morgan fingerprint density at radius 3 is 2.29 bits per heavy atom. The molecule has 0 aliphatic heterocycles. The molecule has 78 valence electrons. The molecule has 0 N–H and O–H groups in total. The Morgan fingerprint density at radius 1 is 1.29 bits per heavy atom. The van der Waals surface area contributed by atoms with E-state index in [2.05, 4.69) is 10.2 Å². The Hall–Kier alpha value is -0.970. The summed E-state index contributed by atoms with van der Waals surface area (Å²) in [6, 6.07) is 3.22. The second-order valence-corrected chi connectivity index (χ2v) is 5.58. The summed E-state index contributed by atoms with van der Waals surface area (Å²) < 4.78 is 22.8. The summed E-state index contributed by atoms with van der Waals surface area (Å²) >= 11 is 0. The van der Waals surface area contributed by atoms with Crippen LogP contribution < -0.4 is 0 Å². The lowest BCUT2D eigenvalue weighted by Gasteiger charge is -2.03. The van der Waals surface area contributed by atoms with Crippen LogP contribution in [0.1, 0.15) is 32.4 Å². The van der Waals surface area contributed by atoms with Crippen LogP contribution in [0.15, 0.2) is 17.2 Å². The van der Waals surface area contributed by atoms with Crippen LogP contribution in [-0.2, 0) is 9.84 Å². The van der Waals surface area contributed by atoms with Gasteiger partial charge in [-0.1, -0.05) is 20.8 Å². The fraction of sp³-hybridized carbons (Fsp3) is 0.556. The Labute approximate surface area is 84.3 Å². The molecule has 0 saturated heterocycles. The summed E-state index contributed by atoms with van der Waals surface area (Å²) in [5, 5.41) is 7.63. The first-order valence-corrected chi connectivity index (χ1v) is 6.19. The Morgan fingerprint density at radius 2 is 1.93 bits per heavy atom. The Kier molecular flexibility index (Phi) is 3.21. The second-order valence-electron chi connectivity index (χ2n) is 3.35. The smallest absolute Gasteiger partial charge is 0.197 e. The molecule has 1 aromatic heterocycles. The Bertz CT molecular complexity index is 395. The molecule has 0 saturated carbocycles. The summed E-state index contributed by atoms with van der Waals surface area (Å²) in [7, 11) is -3.21. The van der Waals surface area contributed by atoms with Crippen LogP contribution in [0.25, 0.3) is 0 Å². The normalized spacial score (nSPS) is 12.0. The van der Waals surface area contributed by atoms with E-state index < -0.39 is 9.84 Å². The highest BCUT2D eigenvalue weighted by Gasteiger charge is 2.14. The molecule has 1 heterocycles. The number of rotatable bonds is 3. The summed E-state index contributed by atoms with van der Waals surface area (Å²) in [6.45, 7) is 5.56. The molecule has 0 amide bonds. The fourth-order valence-corrected chi connectivity index (χ4v) is 1.69. The van der Waals surface area contributed by atoms with Gasteiger partial charge in [-0.3, -0.25) is 0 Å². The van der Waals surface area contributed by atoms with E-state index in [4.69, 9.17) is 0 Å². The van der Waals surface area contributed by atoms with Gasteiger partial charge in [-0.15, -0.1) is 5.10 Å². The van der Waals surface area contributed by atoms with E-state index in [1.165, 1.54) is 6.07 Å². The third kappa shape index (κ3) is 2.29. The van der Waals surface area contributed by atoms with Gasteiger partial charge in [-0.2, -0.15) is 5.10 Å². The van der Waals surface area contributed by atoms with E-state index in [0.717, 1.165) is 5.69 Å². The Balaban J connectivity index is 3.06. The van der Waals surface area contributed by atoms with Crippen molar-refractivity contribution in [3.63, 3.8) is 0 Å². The van der Waals surface area contributed by atoms with Crippen LogP contribution in [0.5, 0.6) is 0 Å². The minimum atomic E-state index is -3.21. The van der Waals surface area contributed by atoms with Crippen LogP contribution in [0.4, 0.5) is 0 Å². The van der Waals surface area contributed by atoms with Gasteiger partial charge in [0.25, 0.3) is 0 Å². The molecule has 5 heteroatoms. The van der Waals surface area contributed by atoms with Crippen LogP contribution in [0.2, 0.25) is 0 Å². The molecule has 0 fully saturated rings. The third-order valence-corrected chi connectivity index (χ3v) is 3.57. The van der Waals surface area contributed by atoms with E-state index in [9.17, 15) is 8.42 Å². The van der Waals surface area contributed by atoms with Crippen LogP contribution in [-0.4, -0.2) is 24.4 Å². The lowest BCUT2D eigenvalue weighted by Crippen LogP contribution is -2.08. The standard InChI is InChI=1S/C9H14N2O2S/c1-4-14(12,13)9-6-5-8(7(2)3)10-11-9/h5-7H,4H2,1-3H3. The minimum Gasteiger partial charge on any atom is -0.222 e. The van der Waals surface area contributed by atoms with Gasteiger partial charge in [-0.05, 0) is 18.1 Å². The molecule has 4 nitrogen and oxygen atoms in total. The predicted molar refractivity (Wildman–Crippen MR) is 53.8 cm³/mol. The minimum absolute atomic E-state index is 0.0582. The highest BCUT2D eigenvalue weighted by atomic mass is 32.2. The highest BCUT2D eigenvalue weighted by Crippen LogP contribution is 2.12. The van der Waals surface area contributed by atoms with Crippen molar-refractivity contribution in [1.29, 1.82) is 0 Å². The lowest BCUT2D eigenvalue weighted by molar-refractivity contribution is 0.590. The first-order valence-electron chi connectivity index (χ1n) is 4.53. The number of hydrogen-bond donors (Lipinski definition) is 0. The van der Waals surface area contributed by atoms with Gasteiger partial charge in [-0.25, -0.2) is 8.42 Å². The van der Waals surface area contributed by atoms with E-state index in [1.807, 2.05) is 13.8 Å². The molecule has 0 unspecified atom stereocenters. The predicted octanol–water partition coefficient (Wildman–Crippen LogP) is 1.39. The molecule has 0 radical (unpaired) electrons. The van der Waals surface area contributed by atoms with Crippen LogP contribution in [0, 0.1) is 0 Å². The van der Waals surface area contributed by atoms with Crippen molar-refractivity contribution in [2.45, 2.75) is 31.7 Å². The molecule has 1 rings (SSSR count). The van der Waals surface area contributed by atoms with Crippen molar-refractivity contribution in [3.8, 4) is 0 Å². The summed E-state index contributed by atoms with van der Waals surface area (Å²) in [5.74, 6) is 0.323. The summed E-state index contributed by atoms with van der Waals surface area (Å²) in [4.78, 5) is 0. The van der Waals surface area contributed by atoms with Gasteiger partial charge in [0.15, 0.2) is 14.9 Å². The van der Waals surface area contributed by atoms with Gasteiger partial charge >= 0.3 is 0 Å². The zero-order chi connectivity index (χ0) is 10.8. The van der Waals surface area contributed by atoms with E-state index in [1.54, 1.807) is 13.0 Å². The number of sulfone groups is 1. The highest BCUT2D eigenvalue weighted by molar-refractivity contribution is 7.91. The summed E-state index contributed by atoms with van der Waals surface area (Å²) in [6.07, 6.45) is 0. The molecule has 0 bridgehead atoms. The van der Waals surface area contributed by atoms with Gasteiger partial charge in [0.1, 0.15) is 0 Å². The zero-order valence-corrected chi connectivity index (χ0v) is 9.37. The third-order valence-electron chi connectivity index (χ3n) is 1.95. The van der Waals surface area contributed by atoms with E-state index >= 15 is 0 Å². The maximum Gasteiger partial charge on any atom is 0.197 e. The van der Waals surface area contributed by atoms with Crippen molar-refractivity contribution < 1.29 is 8.42 Å². The molecule has 0 aromatic carbocycles. The zero-order valence-electron chi connectivity index (χ0n) is 8.56. The van der Waals surface area contributed by atoms with Crippen molar-refractivity contribution in [1.82, 2.24) is 10.2 Å². The largest absolute Gasteiger partial charge is 0.222 e. The van der Waals surface area contributed by atoms with Gasteiger partial charge in [0.2, 0.25) is 0 Å².